The molecule has 0 nitrogen and oxygen atoms in total. The molecule has 26 heavy (non-hydrogen) atoms. The van der Waals surface area contributed by atoms with Crippen LogP contribution < -0.4 is 0 Å². The summed E-state index contributed by atoms with van der Waals surface area (Å²) in [7, 11) is 0. The molecule has 3 aromatic carbocycles. The standard InChI is InChI=1S/C25H27Cl/c1-2-3-4-7-12-21-17-19-24(20-18-21)25(26,22-13-8-5-9-14-22)23-15-10-6-11-16-23/h5-6,8-11,13-20H,2-4,7,12H2,1H3. The summed E-state index contributed by atoms with van der Waals surface area (Å²) in [5.41, 5.74) is 4.71. The maximum Gasteiger partial charge on any atom is 0.119 e. The van der Waals surface area contributed by atoms with E-state index in [9.17, 15) is 0 Å². The molecule has 0 N–H and O–H groups in total. The number of rotatable bonds is 8. The van der Waals surface area contributed by atoms with Gasteiger partial charge in [0.1, 0.15) is 4.87 Å². The van der Waals surface area contributed by atoms with Gasteiger partial charge >= 0.3 is 0 Å². The van der Waals surface area contributed by atoms with Crippen molar-refractivity contribution in [3.63, 3.8) is 0 Å². The summed E-state index contributed by atoms with van der Waals surface area (Å²) in [6.45, 7) is 2.25. The van der Waals surface area contributed by atoms with Crippen LogP contribution in [0.4, 0.5) is 0 Å². The summed E-state index contributed by atoms with van der Waals surface area (Å²) in [5, 5.41) is 0. The molecule has 0 unspecified atom stereocenters. The molecule has 1 heteroatoms. The zero-order chi connectivity index (χ0) is 18.2. The van der Waals surface area contributed by atoms with Gasteiger partial charge in [0.15, 0.2) is 0 Å². The fourth-order valence-electron chi connectivity index (χ4n) is 3.49. The van der Waals surface area contributed by atoms with Crippen molar-refractivity contribution in [2.24, 2.45) is 0 Å². The van der Waals surface area contributed by atoms with Gasteiger partial charge in [0.25, 0.3) is 0 Å². The van der Waals surface area contributed by atoms with Crippen molar-refractivity contribution >= 4 is 11.6 Å². The van der Waals surface area contributed by atoms with E-state index in [-0.39, 0.29) is 0 Å². The number of halogens is 1. The first kappa shape index (κ1) is 18.7. The second-order valence-electron chi connectivity index (χ2n) is 6.90. The Morgan fingerprint density at radius 2 is 1.12 bits per heavy atom. The Balaban J connectivity index is 1.91. The Hall–Kier alpha value is -2.05. The van der Waals surface area contributed by atoms with Crippen LogP contribution in [-0.2, 0) is 11.3 Å². The number of hydrogen-bond acceptors (Lipinski definition) is 0. The van der Waals surface area contributed by atoms with E-state index in [0.717, 1.165) is 23.1 Å². The molecule has 3 aromatic rings. The molecule has 0 heterocycles. The molecule has 134 valence electrons. The molecule has 0 bridgehead atoms. The Bertz CT molecular complexity index is 736. The lowest BCUT2D eigenvalue weighted by Gasteiger charge is -2.29. The maximum absolute atomic E-state index is 7.31. The van der Waals surface area contributed by atoms with Crippen LogP contribution in [0.3, 0.4) is 0 Å². The van der Waals surface area contributed by atoms with Crippen molar-refractivity contribution in [3.8, 4) is 0 Å². The molecule has 0 aliphatic rings. The van der Waals surface area contributed by atoms with E-state index in [0.29, 0.717) is 0 Å². The van der Waals surface area contributed by atoms with Crippen molar-refractivity contribution < 1.29 is 0 Å². The lowest BCUT2D eigenvalue weighted by Crippen LogP contribution is -2.22. The topological polar surface area (TPSA) is 0 Å². The minimum atomic E-state index is -0.663. The predicted molar refractivity (Wildman–Crippen MR) is 113 cm³/mol. The quantitative estimate of drug-likeness (QED) is 0.223. The van der Waals surface area contributed by atoms with Gasteiger partial charge in [-0.25, -0.2) is 0 Å². The van der Waals surface area contributed by atoms with E-state index in [4.69, 9.17) is 11.6 Å². The largest absolute Gasteiger partial charge is 0.119 e. The normalized spacial score (nSPS) is 11.5. The van der Waals surface area contributed by atoms with Gasteiger partial charge in [0.05, 0.1) is 0 Å². The molecule has 0 fully saturated rings. The Kier molecular flexibility index (Phi) is 6.52. The zero-order valence-electron chi connectivity index (χ0n) is 15.5. The highest BCUT2D eigenvalue weighted by molar-refractivity contribution is 6.28. The van der Waals surface area contributed by atoms with Crippen molar-refractivity contribution in [3.05, 3.63) is 107 Å². The van der Waals surface area contributed by atoms with E-state index < -0.39 is 4.87 Å². The van der Waals surface area contributed by atoms with Crippen LogP contribution >= 0.6 is 11.6 Å². The molecular formula is C25H27Cl. The minimum absolute atomic E-state index is 0.663. The summed E-state index contributed by atoms with van der Waals surface area (Å²) < 4.78 is 0. The molecule has 0 saturated carbocycles. The van der Waals surface area contributed by atoms with E-state index in [1.165, 1.54) is 31.2 Å². The molecule has 0 aliphatic carbocycles. The summed E-state index contributed by atoms with van der Waals surface area (Å²) in [5.74, 6) is 0. The van der Waals surface area contributed by atoms with Crippen LogP contribution in [0.1, 0.15) is 54.9 Å². The molecule has 0 spiro atoms. The summed E-state index contributed by atoms with van der Waals surface area (Å²) >= 11 is 7.31. The highest BCUT2D eigenvalue weighted by atomic mass is 35.5. The summed E-state index contributed by atoms with van der Waals surface area (Å²) in [4.78, 5) is -0.663. The third-order valence-corrected chi connectivity index (χ3v) is 5.67. The first-order valence-corrected chi connectivity index (χ1v) is 10.0. The van der Waals surface area contributed by atoms with Gasteiger partial charge in [-0.2, -0.15) is 0 Å². The summed E-state index contributed by atoms with van der Waals surface area (Å²) in [6.07, 6.45) is 6.32. The van der Waals surface area contributed by atoms with Crippen molar-refractivity contribution in [1.82, 2.24) is 0 Å². The van der Waals surface area contributed by atoms with Gasteiger partial charge in [-0.3, -0.25) is 0 Å². The maximum atomic E-state index is 7.31. The van der Waals surface area contributed by atoms with Crippen molar-refractivity contribution in [1.29, 1.82) is 0 Å². The van der Waals surface area contributed by atoms with Crippen LogP contribution in [0.15, 0.2) is 84.9 Å². The Labute approximate surface area is 162 Å². The van der Waals surface area contributed by atoms with Crippen molar-refractivity contribution in [2.45, 2.75) is 43.9 Å². The van der Waals surface area contributed by atoms with Gasteiger partial charge in [-0.05, 0) is 35.1 Å². The van der Waals surface area contributed by atoms with E-state index >= 15 is 0 Å². The minimum Gasteiger partial charge on any atom is -0.104 e. The highest BCUT2D eigenvalue weighted by Crippen LogP contribution is 2.42. The second kappa shape index (κ2) is 9.05. The monoisotopic (exact) mass is 362 g/mol. The smallest absolute Gasteiger partial charge is 0.104 e. The predicted octanol–water partition coefficient (Wildman–Crippen LogP) is 7.34. The third-order valence-electron chi connectivity index (χ3n) is 5.01. The fraction of sp³-hybridized carbons (Fsp3) is 0.280. The van der Waals surface area contributed by atoms with Gasteiger partial charge < -0.3 is 0 Å². The van der Waals surface area contributed by atoms with Gasteiger partial charge in [0.2, 0.25) is 0 Å². The molecule has 0 saturated heterocycles. The first-order valence-electron chi connectivity index (χ1n) is 9.64. The number of hydrogen-bond donors (Lipinski definition) is 0. The molecule has 0 radical (unpaired) electrons. The first-order chi connectivity index (χ1) is 12.7. The average Bonchev–Trinajstić information content (AvgIpc) is 2.72. The van der Waals surface area contributed by atoms with Crippen LogP contribution in [0.2, 0.25) is 0 Å². The fourth-order valence-corrected chi connectivity index (χ4v) is 3.87. The molecule has 3 rings (SSSR count). The van der Waals surface area contributed by atoms with Crippen LogP contribution in [0, 0.1) is 0 Å². The molecular weight excluding hydrogens is 336 g/mol. The zero-order valence-corrected chi connectivity index (χ0v) is 16.3. The van der Waals surface area contributed by atoms with E-state index in [1.54, 1.807) is 0 Å². The van der Waals surface area contributed by atoms with Crippen molar-refractivity contribution in [2.75, 3.05) is 0 Å². The number of unbranched alkanes of at least 4 members (excludes halogenated alkanes) is 3. The Morgan fingerprint density at radius 1 is 0.615 bits per heavy atom. The molecule has 0 aromatic heterocycles. The third kappa shape index (κ3) is 4.19. The number of alkyl halides is 1. The summed E-state index contributed by atoms with van der Waals surface area (Å²) in [6, 6.07) is 29.6. The van der Waals surface area contributed by atoms with Gasteiger partial charge in [-0.15, -0.1) is 11.6 Å². The molecule has 0 aliphatic heterocycles. The highest BCUT2D eigenvalue weighted by Gasteiger charge is 2.33. The van der Waals surface area contributed by atoms with Gasteiger partial charge in [0, 0.05) is 0 Å². The Morgan fingerprint density at radius 3 is 1.62 bits per heavy atom. The number of benzene rings is 3. The lowest BCUT2D eigenvalue weighted by molar-refractivity contribution is 0.666. The van der Waals surface area contributed by atoms with Crippen LogP contribution in [-0.4, -0.2) is 0 Å². The van der Waals surface area contributed by atoms with Crippen LogP contribution in [0.25, 0.3) is 0 Å². The number of aryl methyl sites for hydroxylation is 1. The van der Waals surface area contributed by atoms with E-state index in [1.807, 2.05) is 12.1 Å². The van der Waals surface area contributed by atoms with Crippen LogP contribution in [0.5, 0.6) is 0 Å². The lowest BCUT2D eigenvalue weighted by atomic mass is 9.83. The van der Waals surface area contributed by atoms with E-state index in [2.05, 4.69) is 79.7 Å². The average molecular weight is 363 g/mol. The SMILES string of the molecule is CCCCCCc1ccc(C(Cl)(c2ccccc2)c2ccccc2)cc1. The second-order valence-corrected chi connectivity index (χ2v) is 7.47. The van der Waals surface area contributed by atoms with Gasteiger partial charge in [-0.1, -0.05) is 111 Å². The molecule has 0 atom stereocenters. The molecule has 0 amide bonds.